The zero-order valence-corrected chi connectivity index (χ0v) is 16.8. The monoisotopic (exact) mass is 397 g/mol. The van der Waals surface area contributed by atoms with Gasteiger partial charge in [-0.3, -0.25) is 9.69 Å². The number of amides is 1. The molecule has 0 bridgehead atoms. The van der Waals surface area contributed by atoms with E-state index in [4.69, 9.17) is 21.6 Å². The molecule has 0 atom stereocenters. The number of ether oxygens (including phenoxy) is 1. The summed E-state index contributed by atoms with van der Waals surface area (Å²) in [6.07, 6.45) is 0.933. The van der Waals surface area contributed by atoms with Crippen molar-refractivity contribution < 1.29 is 9.53 Å². The topological polar surface area (TPSA) is 56.6 Å². The van der Waals surface area contributed by atoms with E-state index >= 15 is 0 Å². The fourth-order valence-corrected chi connectivity index (χ4v) is 3.38. The second-order valence-electron chi connectivity index (χ2n) is 7.02. The van der Waals surface area contributed by atoms with Gasteiger partial charge in [-0.15, -0.1) is 0 Å². The van der Waals surface area contributed by atoms with E-state index in [-0.39, 0.29) is 12.5 Å². The van der Waals surface area contributed by atoms with Crippen molar-refractivity contribution in [3.8, 4) is 11.8 Å². The van der Waals surface area contributed by atoms with Crippen LogP contribution in [0.3, 0.4) is 0 Å². The molecule has 0 radical (unpaired) electrons. The number of carbonyl (C=O) groups is 1. The van der Waals surface area contributed by atoms with Crippen LogP contribution in [0.15, 0.2) is 42.5 Å². The third-order valence-corrected chi connectivity index (χ3v) is 5.35. The summed E-state index contributed by atoms with van der Waals surface area (Å²) < 4.78 is 5.65. The Bertz CT molecular complexity index is 861. The Morgan fingerprint density at radius 1 is 1.14 bits per heavy atom. The highest BCUT2D eigenvalue weighted by atomic mass is 35.5. The van der Waals surface area contributed by atoms with Crippen LogP contribution in [-0.4, -0.2) is 48.5 Å². The lowest BCUT2D eigenvalue weighted by Crippen LogP contribution is -2.38. The lowest BCUT2D eigenvalue weighted by Gasteiger charge is -2.22. The normalized spacial score (nSPS) is 15.0. The van der Waals surface area contributed by atoms with Crippen LogP contribution in [0.1, 0.15) is 23.1 Å². The zero-order chi connectivity index (χ0) is 19.9. The Hall–Kier alpha value is -2.55. The Balaban J connectivity index is 1.48. The molecule has 0 unspecified atom stereocenters. The van der Waals surface area contributed by atoms with Gasteiger partial charge < -0.3 is 9.64 Å². The molecule has 0 N–H and O–H groups in total. The molecule has 0 aliphatic carbocycles. The van der Waals surface area contributed by atoms with Crippen LogP contribution in [0.2, 0.25) is 5.02 Å². The molecule has 1 aliphatic heterocycles. The summed E-state index contributed by atoms with van der Waals surface area (Å²) in [7, 11) is 0. The van der Waals surface area contributed by atoms with Gasteiger partial charge in [0.1, 0.15) is 5.75 Å². The molecule has 2 aromatic carbocycles. The minimum atomic E-state index is 0.00725. The van der Waals surface area contributed by atoms with E-state index < -0.39 is 0 Å². The van der Waals surface area contributed by atoms with E-state index in [1.54, 1.807) is 12.1 Å². The summed E-state index contributed by atoms with van der Waals surface area (Å²) in [6, 6.07) is 15.2. The van der Waals surface area contributed by atoms with Crippen molar-refractivity contribution in [3.05, 3.63) is 64.2 Å². The van der Waals surface area contributed by atoms with E-state index in [0.717, 1.165) is 38.2 Å². The van der Waals surface area contributed by atoms with Gasteiger partial charge in [0.25, 0.3) is 5.91 Å². The second-order valence-corrected chi connectivity index (χ2v) is 7.43. The maximum atomic E-state index is 12.5. The molecule has 5 nitrogen and oxygen atoms in total. The number of nitriles is 1. The maximum absolute atomic E-state index is 12.5. The van der Waals surface area contributed by atoms with Gasteiger partial charge in [0, 0.05) is 37.7 Å². The molecule has 6 heteroatoms. The smallest absolute Gasteiger partial charge is 0.260 e. The minimum absolute atomic E-state index is 0.00725. The standard InChI is InChI=1S/C22H24ClN3O2/c1-17-13-20(7-8-21(17)23)28-16-22(27)26-10-2-9-25(11-12-26)15-19-5-3-18(14-24)4-6-19/h3-8,13H,2,9-12,15-16H2,1H3. The Morgan fingerprint density at radius 3 is 2.64 bits per heavy atom. The molecule has 146 valence electrons. The first-order valence-electron chi connectivity index (χ1n) is 9.43. The van der Waals surface area contributed by atoms with Gasteiger partial charge in [0.05, 0.1) is 11.6 Å². The summed E-state index contributed by atoms with van der Waals surface area (Å²) >= 11 is 6.02. The summed E-state index contributed by atoms with van der Waals surface area (Å²) in [5, 5.41) is 9.58. The first-order chi connectivity index (χ1) is 13.5. The van der Waals surface area contributed by atoms with Crippen LogP contribution in [0.5, 0.6) is 5.75 Å². The quantitative estimate of drug-likeness (QED) is 0.773. The van der Waals surface area contributed by atoms with Crippen molar-refractivity contribution in [1.29, 1.82) is 5.26 Å². The maximum Gasteiger partial charge on any atom is 0.260 e. The van der Waals surface area contributed by atoms with Crippen molar-refractivity contribution in [2.75, 3.05) is 32.8 Å². The molecule has 1 fully saturated rings. The molecule has 1 heterocycles. The summed E-state index contributed by atoms with van der Waals surface area (Å²) in [5.41, 5.74) is 2.78. The van der Waals surface area contributed by atoms with Gasteiger partial charge in [-0.1, -0.05) is 23.7 Å². The number of carbonyl (C=O) groups excluding carboxylic acids is 1. The molecule has 3 rings (SSSR count). The fraction of sp³-hybridized carbons (Fsp3) is 0.364. The van der Waals surface area contributed by atoms with Crippen LogP contribution >= 0.6 is 11.6 Å². The highest BCUT2D eigenvalue weighted by Crippen LogP contribution is 2.21. The lowest BCUT2D eigenvalue weighted by atomic mass is 10.1. The van der Waals surface area contributed by atoms with Crippen LogP contribution < -0.4 is 4.74 Å². The average Bonchev–Trinajstić information content (AvgIpc) is 2.95. The van der Waals surface area contributed by atoms with Crippen LogP contribution in [0.4, 0.5) is 0 Å². The summed E-state index contributed by atoms with van der Waals surface area (Å²) in [4.78, 5) is 16.8. The highest BCUT2D eigenvalue weighted by Gasteiger charge is 2.19. The van der Waals surface area contributed by atoms with Crippen LogP contribution in [-0.2, 0) is 11.3 Å². The number of aryl methyl sites for hydroxylation is 1. The van der Waals surface area contributed by atoms with E-state index in [1.807, 2.05) is 42.2 Å². The molecular formula is C22H24ClN3O2. The third-order valence-electron chi connectivity index (χ3n) is 4.92. The molecule has 1 aliphatic rings. The van der Waals surface area contributed by atoms with E-state index in [1.165, 1.54) is 5.56 Å². The predicted molar refractivity (Wildman–Crippen MR) is 109 cm³/mol. The fourth-order valence-electron chi connectivity index (χ4n) is 3.26. The number of hydrogen-bond donors (Lipinski definition) is 0. The Kier molecular flexibility index (Phi) is 6.91. The SMILES string of the molecule is Cc1cc(OCC(=O)N2CCCN(Cc3ccc(C#N)cc3)CC2)ccc1Cl. The number of rotatable bonds is 5. The summed E-state index contributed by atoms with van der Waals surface area (Å²) in [5.74, 6) is 0.667. The van der Waals surface area contributed by atoms with Crippen LogP contribution in [0.25, 0.3) is 0 Å². The van der Waals surface area contributed by atoms with Crippen LogP contribution in [0, 0.1) is 18.3 Å². The number of halogens is 1. The molecule has 0 saturated carbocycles. The van der Waals surface area contributed by atoms with Gasteiger partial charge in [0.15, 0.2) is 6.61 Å². The minimum Gasteiger partial charge on any atom is -0.484 e. The van der Waals surface area contributed by atoms with Gasteiger partial charge in [-0.25, -0.2) is 0 Å². The van der Waals surface area contributed by atoms with Gasteiger partial charge in [0.2, 0.25) is 0 Å². The molecule has 1 saturated heterocycles. The number of nitrogens with zero attached hydrogens (tertiary/aromatic N) is 3. The van der Waals surface area contributed by atoms with Crippen molar-refractivity contribution in [2.24, 2.45) is 0 Å². The van der Waals surface area contributed by atoms with Crippen molar-refractivity contribution in [1.82, 2.24) is 9.80 Å². The van der Waals surface area contributed by atoms with Gasteiger partial charge >= 0.3 is 0 Å². The molecule has 28 heavy (non-hydrogen) atoms. The van der Waals surface area contributed by atoms with E-state index in [9.17, 15) is 4.79 Å². The van der Waals surface area contributed by atoms with E-state index in [2.05, 4.69) is 11.0 Å². The van der Waals surface area contributed by atoms with Crippen molar-refractivity contribution in [3.63, 3.8) is 0 Å². The molecule has 0 aromatic heterocycles. The van der Waals surface area contributed by atoms with Gasteiger partial charge in [-0.2, -0.15) is 5.26 Å². The first kappa shape index (κ1) is 20.2. The summed E-state index contributed by atoms with van der Waals surface area (Å²) in [6.45, 7) is 5.98. The predicted octanol–water partition coefficient (Wildman–Crippen LogP) is 3.63. The molecule has 1 amide bonds. The Morgan fingerprint density at radius 2 is 1.93 bits per heavy atom. The largest absolute Gasteiger partial charge is 0.484 e. The Labute approximate surface area is 171 Å². The van der Waals surface area contributed by atoms with E-state index in [0.29, 0.717) is 22.9 Å². The number of benzene rings is 2. The molecule has 0 spiro atoms. The molecule has 2 aromatic rings. The molecular weight excluding hydrogens is 374 g/mol. The lowest BCUT2D eigenvalue weighted by molar-refractivity contribution is -0.133. The second kappa shape index (κ2) is 9.59. The van der Waals surface area contributed by atoms with Gasteiger partial charge in [-0.05, 0) is 54.8 Å². The third kappa shape index (κ3) is 5.48. The van der Waals surface area contributed by atoms with Crippen molar-refractivity contribution in [2.45, 2.75) is 19.9 Å². The highest BCUT2D eigenvalue weighted by molar-refractivity contribution is 6.31. The first-order valence-corrected chi connectivity index (χ1v) is 9.81. The van der Waals surface area contributed by atoms with Crippen molar-refractivity contribution >= 4 is 17.5 Å². The zero-order valence-electron chi connectivity index (χ0n) is 16.0. The number of hydrogen-bond acceptors (Lipinski definition) is 4. The average molecular weight is 398 g/mol.